The summed E-state index contributed by atoms with van der Waals surface area (Å²) in [5.41, 5.74) is 3.17. The van der Waals surface area contributed by atoms with Gasteiger partial charge in [-0.25, -0.2) is 4.39 Å². The average Bonchev–Trinajstić information content (AvgIpc) is 3.37. The Labute approximate surface area is 151 Å². The fourth-order valence-electron chi connectivity index (χ4n) is 2.94. The topological polar surface area (TPSA) is 46.3 Å². The van der Waals surface area contributed by atoms with Gasteiger partial charge in [-0.15, -0.1) is 0 Å². The molecule has 1 fully saturated rings. The van der Waals surface area contributed by atoms with E-state index in [0.29, 0.717) is 11.3 Å². The van der Waals surface area contributed by atoms with Gasteiger partial charge in [0.15, 0.2) is 0 Å². The molecule has 0 spiro atoms. The molecule has 1 heterocycles. The van der Waals surface area contributed by atoms with Crippen molar-refractivity contribution in [1.29, 1.82) is 0 Å². The number of hydrogen-bond acceptors (Lipinski definition) is 3. The summed E-state index contributed by atoms with van der Waals surface area (Å²) in [4.78, 5) is 14.6. The Balaban J connectivity index is 1.57. The second kappa shape index (κ2) is 6.75. The zero-order valence-corrected chi connectivity index (χ0v) is 14.5. The fourth-order valence-corrected chi connectivity index (χ4v) is 2.94. The number of carbonyl (C=O) groups excluding carboxylic acids is 1. The first kappa shape index (κ1) is 16.5. The van der Waals surface area contributed by atoms with Crippen LogP contribution in [0.2, 0.25) is 0 Å². The van der Waals surface area contributed by atoms with Crippen LogP contribution in [0.1, 0.15) is 34.5 Å². The summed E-state index contributed by atoms with van der Waals surface area (Å²) in [6.45, 7) is 2.24. The van der Waals surface area contributed by atoms with Crippen molar-refractivity contribution in [3.63, 3.8) is 0 Å². The van der Waals surface area contributed by atoms with Gasteiger partial charge in [-0.2, -0.15) is 0 Å². The van der Waals surface area contributed by atoms with Crippen molar-refractivity contribution < 1.29 is 13.7 Å². The number of hydrogen-bond donors (Lipinski definition) is 0. The normalized spacial score (nSPS) is 13.6. The molecule has 4 rings (SSSR count). The molecule has 1 aliphatic rings. The molecular formula is C21H19FN2O2. The first-order valence-electron chi connectivity index (χ1n) is 8.70. The lowest BCUT2D eigenvalue weighted by atomic mass is 10.1. The van der Waals surface area contributed by atoms with Crippen LogP contribution in [0.4, 0.5) is 4.39 Å². The second-order valence-corrected chi connectivity index (χ2v) is 6.70. The van der Waals surface area contributed by atoms with E-state index in [1.807, 2.05) is 31.2 Å². The minimum Gasteiger partial charge on any atom is -0.350 e. The van der Waals surface area contributed by atoms with Crippen LogP contribution in [0, 0.1) is 12.7 Å². The number of carbonyl (C=O) groups is 1. The monoisotopic (exact) mass is 350 g/mol. The Hall–Kier alpha value is -2.95. The molecule has 3 aromatic rings. The van der Waals surface area contributed by atoms with Gasteiger partial charge in [-0.05, 0) is 25.8 Å². The number of halogens is 1. The Morgan fingerprint density at radius 3 is 2.62 bits per heavy atom. The van der Waals surface area contributed by atoms with Gasteiger partial charge >= 0.3 is 0 Å². The van der Waals surface area contributed by atoms with Gasteiger partial charge in [-0.3, -0.25) is 4.79 Å². The van der Waals surface area contributed by atoms with Crippen molar-refractivity contribution in [2.75, 3.05) is 0 Å². The molecule has 4 nitrogen and oxygen atoms in total. The molecule has 1 amide bonds. The third kappa shape index (κ3) is 3.38. The Morgan fingerprint density at radius 2 is 1.92 bits per heavy atom. The van der Waals surface area contributed by atoms with Gasteiger partial charge in [0.25, 0.3) is 5.91 Å². The molecule has 5 heteroatoms. The Morgan fingerprint density at radius 1 is 1.19 bits per heavy atom. The quantitative estimate of drug-likeness (QED) is 0.676. The van der Waals surface area contributed by atoms with Crippen LogP contribution in [0.3, 0.4) is 0 Å². The van der Waals surface area contributed by atoms with Gasteiger partial charge in [0, 0.05) is 29.8 Å². The average molecular weight is 350 g/mol. The molecule has 26 heavy (non-hydrogen) atoms. The zero-order chi connectivity index (χ0) is 18.1. The van der Waals surface area contributed by atoms with Crippen LogP contribution >= 0.6 is 0 Å². The third-order valence-electron chi connectivity index (χ3n) is 4.62. The highest BCUT2D eigenvalue weighted by Gasteiger charge is 2.35. The maximum atomic E-state index is 14.0. The predicted octanol–water partition coefficient (Wildman–Crippen LogP) is 4.59. The predicted molar refractivity (Wildman–Crippen MR) is 96.0 cm³/mol. The van der Waals surface area contributed by atoms with Gasteiger partial charge in [0.05, 0.1) is 0 Å². The first-order chi connectivity index (χ1) is 12.6. The SMILES string of the molecule is Cc1ccc(-c2cc(C(=O)N(Cc3ccccc3F)C3CC3)on2)cc1. The molecule has 132 valence electrons. The molecule has 0 saturated heterocycles. The maximum absolute atomic E-state index is 14.0. The lowest BCUT2D eigenvalue weighted by molar-refractivity contribution is 0.0686. The van der Waals surface area contributed by atoms with Crippen molar-refractivity contribution in [2.24, 2.45) is 0 Å². The van der Waals surface area contributed by atoms with E-state index in [9.17, 15) is 9.18 Å². The Kier molecular flexibility index (Phi) is 4.29. The molecule has 0 bridgehead atoms. The Bertz CT molecular complexity index is 929. The van der Waals surface area contributed by atoms with Crippen molar-refractivity contribution in [1.82, 2.24) is 10.1 Å². The summed E-state index contributed by atoms with van der Waals surface area (Å²) < 4.78 is 19.3. The highest BCUT2D eigenvalue weighted by Crippen LogP contribution is 2.31. The molecule has 0 aliphatic heterocycles. The van der Waals surface area contributed by atoms with Crippen LogP contribution in [-0.4, -0.2) is 22.0 Å². The first-order valence-corrected chi connectivity index (χ1v) is 8.70. The van der Waals surface area contributed by atoms with Gasteiger partial charge in [0.1, 0.15) is 11.5 Å². The van der Waals surface area contributed by atoms with Crippen LogP contribution in [0.15, 0.2) is 59.1 Å². The standard InChI is InChI=1S/C21H19FN2O2/c1-14-6-8-15(9-7-14)19-12-20(26-23-19)21(25)24(17-10-11-17)13-16-4-2-3-5-18(16)22/h2-9,12,17H,10-11,13H2,1H3. The second-order valence-electron chi connectivity index (χ2n) is 6.70. The van der Waals surface area contributed by atoms with Gasteiger partial charge in [-0.1, -0.05) is 53.2 Å². The van der Waals surface area contributed by atoms with E-state index in [2.05, 4.69) is 5.16 Å². The third-order valence-corrected chi connectivity index (χ3v) is 4.62. The lowest BCUT2D eigenvalue weighted by Gasteiger charge is -2.21. The number of nitrogens with zero attached hydrogens (tertiary/aromatic N) is 2. The number of aryl methyl sites for hydroxylation is 1. The molecule has 0 N–H and O–H groups in total. The van der Waals surface area contributed by atoms with Crippen LogP contribution in [0.5, 0.6) is 0 Å². The van der Waals surface area contributed by atoms with Crippen molar-refractivity contribution in [2.45, 2.75) is 32.4 Å². The maximum Gasteiger partial charge on any atom is 0.293 e. The lowest BCUT2D eigenvalue weighted by Crippen LogP contribution is -2.32. The van der Waals surface area contributed by atoms with E-state index in [-0.39, 0.29) is 30.1 Å². The summed E-state index contributed by atoms with van der Waals surface area (Å²) in [6, 6.07) is 16.2. The van der Waals surface area contributed by atoms with E-state index in [1.54, 1.807) is 29.2 Å². The molecular weight excluding hydrogens is 331 g/mol. The molecule has 0 unspecified atom stereocenters. The van der Waals surface area contributed by atoms with E-state index >= 15 is 0 Å². The molecule has 1 aliphatic carbocycles. The van der Waals surface area contributed by atoms with Crippen LogP contribution in [-0.2, 0) is 6.54 Å². The van der Waals surface area contributed by atoms with Gasteiger partial charge in [0.2, 0.25) is 5.76 Å². The minimum absolute atomic E-state index is 0.134. The molecule has 0 atom stereocenters. The van der Waals surface area contributed by atoms with E-state index in [0.717, 1.165) is 24.0 Å². The minimum atomic E-state index is -0.302. The molecule has 1 saturated carbocycles. The largest absolute Gasteiger partial charge is 0.350 e. The molecule has 1 aromatic heterocycles. The summed E-state index contributed by atoms with van der Waals surface area (Å²) in [7, 11) is 0. The summed E-state index contributed by atoms with van der Waals surface area (Å²) in [6.07, 6.45) is 1.86. The van der Waals surface area contributed by atoms with E-state index < -0.39 is 0 Å². The van der Waals surface area contributed by atoms with Crippen LogP contribution in [0.25, 0.3) is 11.3 Å². The molecule has 0 radical (unpaired) electrons. The van der Waals surface area contributed by atoms with Crippen LogP contribution < -0.4 is 0 Å². The zero-order valence-electron chi connectivity index (χ0n) is 14.5. The number of rotatable bonds is 5. The molecule has 2 aromatic carbocycles. The van der Waals surface area contributed by atoms with E-state index in [4.69, 9.17) is 4.52 Å². The smallest absolute Gasteiger partial charge is 0.293 e. The van der Waals surface area contributed by atoms with E-state index in [1.165, 1.54) is 6.07 Å². The summed E-state index contributed by atoms with van der Waals surface area (Å²) in [5.74, 6) is -0.366. The number of aromatic nitrogens is 1. The van der Waals surface area contributed by atoms with Crippen molar-refractivity contribution in [3.8, 4) is 11.3 Å². The van der Waals surface area contributed by atoms with Crippen molar-refractivity contribution in [3.05, 3.63) is 77.3 Å². The van der Waals surface area contributed by atoms with Gasteiger partial charge < -0.3 is 9.42 Å². The highest BCUT2D eigenvalue weighted by molar-refractivity contribution is 5.92. The number of amides is 1. The highest BCUT2D eigenvalue weighted by atomic mass is 19.1. The summed E-state index contributed by atoms with van der Waals surface area (Å²) >= 11 is 0. The summed E-state index contributed by atoms with van der Waals surface area (Å²) in [5, 5.41) is 4.03. The fraction of sp³-hybridized carbons (Fsp3) is 0.238. The van der Waals surface area contributed by atoms with Crippen molar-refractivity contribution >= 4 is 5.91 Å². The number of benzene rings is 2.